The molecule has 2 rings (SSSR count). The molecule has 1 saturated heterocycles. The maximum atomic E-state index is 12.5. The van der Waals surface area contributed by atoms with E-state index in [4.69, 9.17) is 11.6 Å². The fraction of sp³-hybridized carbons (Fsp3) is 0.417. The smallest absolute Gasteiger partial charge is 0.346 e. The van der Waals surface area contributed by atoms with Gasteiger partial charge in [-0.3, -0.25) is 4.79 Å². The third-order valence-corrected chi connectivity index (χ3v) is 6.32. The summed E-state index contributed by atoms with van der Waals surface area (Å²) in [4.78, 5) is 11.8. The van der Waals surface area contributed by atoms with E-state index in [1.165, 1.54) is 24.3 Å². The third kappa shape index (κ3) is 4.52. The lowest BCUT2D eigenvalue weighted by molar-refractivity contribution is -0.140. The Hall–Kier alpha value is -0.970. The highest BCUT2D eigenvalue weighted by atomic mass is 35.5. The van der Waals surface area contributed by atoms with Gasteiger partial charge in [0.15, 0.2) is 0 Å². The van der Waals surface area contributed by atoms with Gasteiger partial charge in [0, 0.05) is 10.8 Å². The quantitative estimate of drug-likeness (QED) is 0.857. The Bertz CT molecular complexity index is 680. The number of nitrogens with zero attached hydrogens (tertiary/aromatic N) is 1. The molecule has 0 aromatic heterocycles. The Labute approximate surface area is 140 Å². The molecule has 1 aromatic rings. The fourth-order valence-corrected chi connectivity index (χ4v) is 5.19. The van der Waals surface area contributed by atoms with Crippen LogP contribution in [0.4, 0.5) is 13.2 Å². The molecule has 1 heterocycles. The molecule has 5 nitrogen and oxygen atoms in total. The second-order valence-corrected chi connectivity index (χ2v) is 8.02. The first-order valence-electron chi connectivity index (χ1n) is 6.31. The molecule has 0 bridgehead atoms. The number of nitrogens with one attached hydrogen (secondary N) is 1. The van der Waals surface area contributed by atoms with E-state index >= 15 is 0 Å². The van der Waals surface area contributed by atoms with Gasteiger partial charge in [0.25, 0.3) is 0 Å². The summed E-state index contributed by atoms with van der Waals surface area (Å²) in [5.74, 6) is -0.879. The van der Waals surface area contributed by atoms with Crippen molar-refractivity contribution < 1.29 is 26.4 Å². The molecule has 1 aromatic carbocycles. The number of rotatable bonds is 4. The maximum absolute atomic E-state index is 12.5. The molecule has 1 fully saturated rings. The van der Waals surface area contributed by atoms with Crippen molar-refractivity contribution in [3.63, 3.8) is 0 Å². The molecule has 1 N–H and O–H groups in total. The van der Waals surface area contributed by atoms with Crippen LogP contribution in [0.25, 0.3) is 0 Å². The largest absolute Gasteiger partial charge is 0.405 e. The average molecular weight is 389 g/mol. The molecule has 0 aliphatic carbocycles. The van der Waals surface area contributed by atoms with E-state index in [1.807, 2.05) is 0 Å². The van der Waals surface area contributed by atoms with Crippen LogP contribution in [0, 0.1) is 0 Å². The second-order valence-electron chi connectivity index (χ2n) is 4.69. The predicted octanol–water partition coefficient (Wildman–Crippen LogP) is 2.08. The van der Waals surface area contributed by atoms with Crippen LogP contribution in [0.3, 0.4) is 0 Å². The number of carbonyl (C=O) groups is 1. The Morgan fingerprint density at radius 1 is 1.35 bits per heavy atom. The van der Waals surface area contributed by atoms with Gasteiger partial charge in [-0.15, -0.1) is 11.8 Å². The van der Waals surface area contributed by atoms with Crippen molar-refractivity contribution in [2.45, 2.75) is 17.1 Å². The Kier molecular flexibility index (Phi) is 5.49. The summed E-state index contributed by atoms with van der Waals surface area (Å²) in [7, 11) is -3.99. The number of benzene rings is 1. The van der Waals surface area contributed by atoms with Crippen LogP contribution in [0.15, 0.2) is 29.2 Å². The number of thioether (sulfide) groups is 1. The minimum Gasteiger partial charge on any atom is -0.346 e. The number of hydrogen-bond donors (Lipinski definition) is 1. The standard InChI is InChI=1S/C12H12ClF3N2O3S2/c13-8-1-3-9(4-2-8)23(20,21)18-7-22-5-10(18)11(19)17-6-12(14,15)16/h1-4,10H,5-7H2,(H,17,19)/t10-/m1/s1. The normalized spacial score (nSPS) is 19.7. The average Bonchev–Trinajstić information content (AvgIpc) is 2.94. The number of hydrogen-bond acceptors (Lipinski definition) is 4. The van der Waals surface area contributed by atoms with Gasteiger partial charge in [-0.05, 0) is 24.3 Å². The molecular formula is C12H12ClF3N2O3S2. The number of sulfonamides is 1. The van der Waals surface area contributed by atoms with Gasteiger partial charge in [0.05, 0.1) is 10.8 Å². The van der Waals surface area contributed by atoms with E-state index < -0.39 is 34.7 Å². The first-order chi connectivity index (χ1) is 10.6. The topological polar surface area (TPSA) is 66.5 Å². The van der Waals surface area contributed by atoms with Crippen LogP contribution >= 0.6 is 23.4 Å². The minimum absolute atomic E-state index is 0.00490. The molecule has 23 heavy (non-hydrogen) atoms. The van der Waals surface area contributed by atoms with Crippen LogP contribution in [0.1, 0.15) is 0 Å². The summed E-state index contributed by atoms with van der Waals surface area (Å²) in [6, 6.07) is 4.16. The number of alkyl halides is 3. The molecule has 0 unspecified atom stereocenters. The number of carbonyl (C=O) groups excluding carboxylic acids is 1. The van der Waals surface area contributed by atoms with Gasteiger partial charge >= 0.3 is 6.18 Å². The zero-order valence-corrected chi connectivity index (χ0v) is 13.9. The molecule has 0 saturated carbocycles. The highest BCUT2D eigenvalue weighted by Crippen LogP contribution is 2.29. The van der Waals surface area contributed by atoms with Crippen molar-refractivity contribution >= 4 is 39.3 Å². The van der Waals surface area contributed by atoms with Gasteiger partial charge in [0.2, 0.25) is 15.9 Å². The van der Waals surface area contributed by atoms with E-state index in [9.17, 15) is 26.4 Å². The monoisotopic (exact) mass is 388 g/mol. The van der Waals surface area contributed by atoms with Crippen molar-refractivity contribution in [3.05, 3.63) is 29.3 Å². The Morgan fingerprint density at radius 3 is 2.52 bits per heavy atom. The van der Waals surface area contributed by atoms with Crippen LogP contribution in [-0.4, -0.2) is 49.0 Å². The fourth-order valence-electron chi connectivity index (χ4n) is 1.92. The summed E-state index contributed by atoms with van der Waals surface area (Å²) < 4.78 is 62.5. The van der Waals surface area contributed by atoms with E-state index in [2.05, 4.69) is 0 Å². The summed E-state index contributed by atoms with van der Waals surface area (Å²) in [5.41, 5.74) is 0. The molecule has 1 atom stereocenters. The molecule has 1 aliphatic rings. The zero-order chi connectivity index (χ0) is 17.3. The van der Waals surface area contributed by atoms with Crippen molar-refractivity contribution in [1.82, 2.24) is 9.62 Å². The lowest BCUT2D eigenvalue weighted by atomic mass is 10.3. The minimum atomic E-state index is -4.55. The van der Waals surface area contributed by atoms with Crippen molar-refractivity contribution in [2.24, 2.45) is 0 Å². The lowest BCUT2D eigenvalue weighted by Crippen LogP contribution is -2.49. The van der Waals surface area contributed by atoms with Gasteiger partial charge in [-0.25, -0.2) is 8.42 Å². The van der Waals surface area contributed by atoms with Gasteiger partial charge in [-0.1, -0.05) is 11.6 Å². The Balaban J connectivity index is 2.17. The third-order valence-electron chi connectivity index (χ3n) is 3.03. The zero-order valence-electron chi connectivity index (χ0n) is 11.5. The van der Waals surface area contributed by atoms with Crippen LogP contribution in [0.5, 0.6) is 0 Å². The summed E-state index contributed by atoms with van der Waals surface area (Å²) >= 11 is 6.86. The van der Waals surface area contributed by atoms with Gasteiger partial charge < -0.3 is 5.32 Å². The van der Waals surface area contributed by atoms with Crippen LogP contribution in [0.2, 0.25) is 5.02 Å². The molecule has 0 radical (unpaired) electrons. The van der Waals surface area contributed by atoms with E-state index in [-0.39, 0.29) is 16.5 Å². The van der Waals surface area contributed by atoms with Crippen molar-refractivity contribution in [1.29, 1.82) is 0 Å². The highest BCUT2D eigenvalue weighted by molar-refractivity contribution is 8.00. The Morgan fingerprint density at radius 2 is 1.96 bits per heavy atom. The predicted molar refractivity (Wildman–Crippen MR) is 80.7 cm³/mol. The molecule has 0 spiro atoms. The SMILES string of the molecule is O=C(NCC(F)(F)F)[C@H]1CSCN1S(=O)(=O)c1ccc(Cl)cc1. The maximum Gasteiger partial charge on any atom is 0.405 e. The molecule has 128 valence electrons. The van der Waals surface area contributed by atoms with Gasteiger partial charge in [-0.2, -0.15) is 17.5 Å². The molecule has 11 heteroatoms. The molecular weight excluding hydrogens is 377 g/mol. The molecule has 1 aliphatic heterocycles. The number of halogens is 4. The van der Waals surface area contributed by atoms with Crippen LogP contribution in [-0.2, 0) is 14.8 Å². The first-order valence-corrected chi connectivity index (χ1v) is 9.28. The summed E-state index contributed by atoms with van der Waals surface area (Å²) in [5, 5.41) is 2.07. The van der Waals surface area contributed by atoms with Gasteiger partial charge in [0.1, 0.15) is 12.6 Å². The number of amides is 1. The summed E-state index contributed by atoms with van der Waals surface area (Å²) in [6.45, 7) is -1.50. The second kappa shape index (κ2) is 6.88. The van der Waals surface area contributed by atoms with Crippen LogP contribution < -0.4 is 5.32 Å². The lowest BCUT2D eigenvalue weighted by Gasteiger charge is -2.22. The van der Waals surface area contributed by atoms with E-state index in [1.54, 1.807) is 5.32 Å². The summed E-state index contributed by atoms with van der Waals surface area (Å²) in [6.07, 6.45) is -4.55. The van der Waals surface area contributed by atoms with Crippen molar-refractivity contribution in [3.8, 4) is 0 Å². The van der Waals surface area contributed by atoms with Crippen molar-refractivity contribution in [2.75, 3.05) is 18.2 Å². The molecule has 1 amide bonds. The highest BCUT2D eigenvalue weighted by Gasteiger charge is 2.41. The first kappa shape index (κ1) is 18.4. The van der Waals surface area contributed by atoms with E-state index in [0.29, 0.717) is 5.02 Å². The van der Waals surface area contributed by atoms with E-state index in [0.717, 1.165) is 16.1 Å².